The van der Waals surface area contributed by atoms with Gasteiger partial charge in [-0.25, -0.2) is 18.1 Å². The summed E-state index contributed by atoms with van der Waals surface area (Å²) in [5, 5.41) is 7.07. The third kappa shape index (κ3) is 7.90. The first-order valence-electron chi connectivity index (χ1n) is 10.4. The van der Waals surface area contributed by atoms with Crippen molar-refractivity contribution < 1.29 is 27.5 Å². The van der Waals surface area contributed by atoms with Gasteiger partial charge in [-0.05, 0) is 24.3 Å². The maximum Gasteiger partial charge on any atom is 0.280 e. The summed E-state index contributed by atoms with van der Waals surface area (Å²) < 4.78 is 37.2. The molecule has 2 heterocycles. The van der Waals surface area contributed by atoms with Crippen molar-refractivity contribution in [3.05, 3.63) is 71.0 Å². The van der Waals surface area contributed by atoms with E-state index in [1.165, 1.54) is 42.7 Å². The van der Waals surface area contributed by atoms with E-state index in [2.05, 4.69) is 25.2 Å². The number of oxime groups is 1. The van der Waals surface area contributed by atoms with Gasteiger partial charge in [0, 0.05) is 38.7 Å². The lowest BCUT2D eigenvalue weighted by atomic mass is 10.1. The van der Waals surface area contributed by atoms with Crippen molar-refractivity contribution in [2.24, 2.45) is 5.16 Å². The molecule has 1 amide bonds. The molecular weight excluding hydrogens is 494 g/mol. The van der Waals surface area contributed by atoms with E-state index in [1.807, 2.05) is 6.07 Å². The summed E-state index contributed by atoms with van der Waals surface area (Å²) in [6.07, 6.45) is 3.23. The van der Waals surface area contributed by atoms with Crippen LogP contribution in [0.2, 0.25) is 0 Å². The minimum atomic E-state index is -3.73. The van der Waals surface area contributed by atoms with Crippen LogP contribution in [0.15, 0.2) is 64.9 Å². The Balaban J connectivity index is 1.81. The van der Waals surface area contributed by atoms with Crippen LogP contribution in [0.25, 0.3) is 0 Å². The van der Waals surface area contributed by atoms with Crippen molar-refractivity contribution in [3.63, 3.8) is 0 Å². The van der Waals surface area contributed by atoms with Gasteiger partial charge >= 0.3 is 0 Å². The monoisotopic (exact) mass is 519 g/mol. The fourth-order valence-electron chi connectivity index (χ4n) is 2.76. The van der Waals surface area contributed by atoms with E-state index in [9.17, 15) is 13.2 Å². The van der Waals surface area contributed by atoms with E-state index in [0.29, 0.717) is 23.0 Å². The number of benzene rings is 1. The number of hydrogen-bond acceptors (Lipinski definition) is 10. The number of carbonyl (C=O) groups is 1. The summed E-state index contributed by atoms with van der Waals surface area (Å²) in [6, 6.07) is 11.1. The van der Waals surface area contributed by atoms with Gasteiger partial charge < -0.3 is 14.3 Å². The molecule has 186 valence electrons. The summed E-state index contributed by atoms with van der Waals surface area (Å²) in [6.45, 7) is 0.791. The van der Waals surface area contributed by atoms with Crippen LogP contribution in [0.1, 0.15) is 16.1 Å². The van der Waals surface area contributed by atoms with Crippen molar-refractivity contribution in [1.29, 1.82) is 0 Å². The molecule has 0 fully saturated rings. The van der Waals surface area contributed by atoms with Crippen LogP contribution < -0.4 is 10.0 Å². The molecule has 11 nitrogen and oxygen atoms in total. The summed E-state index contributed by atoms with van der Waals surface area (Å²) in [5.41, 5.74) is 0.928. The maximum atomic E-state index is 13.0. The molecule has 0 saturated heterocycles. The SMILES string of the molecule is COCCNS(=O)(=O)c1ccc(C(=NOCc2ccccn2)C(=O)Nc2ncc(COC)s2)cc1. The molecule has 3 aromatic rings. The van der Waals surface area contributed by atoms with Gasteiger partial charge in [-0.15, -0.1) is 0 Å². The highest BCUT2D eigenvalue weighted by Gasteiger charge is 2.19. The van der Waals surface area contributed by atoms with Crippen LogP contribution >= 0.6 is 11.3 Å². The normalized spacial score (nSPS) is 11.9. The van der Waals surface area contributed by atoms with E-state index >= 15 is 0 Å². The molecule has 0 aliphatic heterocycles. The Morgan fingerprint density at radius 3 is 2.54 bits per heavy atom. The van der Waals surface area contributed by atoms with E-state index in [0.717, 1.165) is 4.88 Å². The summed E-state index contributed by atoms with van der Waals surface area (Å²) >= 11 is 1.26. The summed E-state index contributed by atoms with van der Waals surface area (Å²) in [5.74, 6) is -0.571. The predicted molar refractivity (Wildman–Crippen MR) is 131 cm³/mol. The number of nitrogens with zero attached hydrogens (tertiary/aromatic N) is 3. The number of pyridine rings is 1. The Labute approximate surface area is 207 Å². The third-order valence-corrected chi connectivity index (χ3v) is 6.77. The van der Waals surface area contributed by atoms with E-state index in [4.69, 9.17) is 14.3 Å². The average Bonchev–Trinajstić information content (AvgIpc) is 3.29. The molecule has 0 radical (unpaired) electrons. The standard InChI is InChI=1S/C22H25N5O6S2/c1-31-12-11-25-35(29,30)19-8-6-16(7-9-19)20(27-33-14-17-5-3-4-10-23-17)21(28)26-22-24-13-18(34-22)15-32-2/h3-10,13,25H,11-12,14-15H2,1-2H3,(H,24,26,28). The van der Waals surface area contributed by atoms with Gasteiger partial charge in [-0.1, -0.05) is 34.7 Å². The van der Waals surface area contributed by atoms with Crippen molar-refractivity contribution in [2.75, 3.05) is 32.7 Å². The van der Waals surface area contributed by atoms with E-state index in [-0.39, 0.29) is 30.4 Å². The number of anilines is 1. The first-order chi connectivity index (χ1) is 16.9. The number of hydrogen-bond donors (Lipinski definition) is 2. The number of amides is 1. The predicted octanol–water partition coefficient (Wildman–Crippen LogP) is 2.17. The number of thiazole rings is 1. The number of ether oxygens (including phenoxy) is 2. The smallest absolute Gasteiger partial charge is 0.280 e. The average molecular weight is 520 g/mol. The van der Waals surface area contributed by atoms with Crippen LogP contribution in [0.4, 0.5) is 5.13 Å². The van der Waals surface area contributed by atoms with Crippen LogP contribution in [0.5, 0.6) is 0 Å². The van der Waals surface area contributed by atoms with Crippen molar-refractivity contribution >= 4 is 38.1 Å². The molecule has 13 heteroatoms. The molecule has 0 atom stereocenters. The van der Waals surface area contributed by atoms with Gasteiger partial charge in [0.15, 0.2) is 17.5 Å². The van der Waals surface area contributed by atoms with Crippen LogP contribution in [0.3, 0.4) is 0 Å². The summed E-state index contributed by atoms with van der Waals surface area (Å²) in [7, 11) is -0.680. The lowest BCUT2D eigenvalue weighted by molar-refractivity contribution is -0.110. The van der Waals surface area contributed by atoms with Gasteiger partial charge in [-0.2, -0.15) is 0 Å². The molecule has 0 unspecified atom stereocenters. The van der Waals surface area contributed by atoms with E-state index in [1.54, 1.807) is 31.6 Å². The molecular formula is C22H25N5O6S2. The highest BCUT2D eigenvalue weighted by Crippen LogP contribution is 2.19. The topological polar surface area (TPSA) is 141 Å². The maximum absolute atomic E-state index is 13.0. The van der Waals surface area contributed by atoms with Gasteiger partial charge in [0.2, 0.25) is 10.0 Å². The highest BCUT2D eigenvalue weighted by molar-refractivity contribution is 7.89. The zero-order valence-electron chi connectivity index (χ0n) is 19.1. The van der Waals surface area contributed by atoms with Crippen molar-refractivity contribution in [2.45, 2.75) is 18.1 Å². The second-order valence-electron chi connectivity index (χ2n) is 6.97. The lowest BCUT2D eigenvalue weighted by Gasteiger charge is -2.09. The molecule has 2 aromatic heterocycles. The quantitative estimate of drug-likeness (QED) is 0.199. The van der Waals surface area contributed by atoms with Gasteiger partial charge in [-0.3, -0.25) is 15.1 Å². The molecule has 35 heavy (non-hydrogen) atoms. The molecule has 0 spiro atoms. The first-order valence-corrected chi connectivity index (χ1v) is 12.7. The second kappa shape index (κ2) is 13.0. The molecule has 0 bridgehead atoms. The Morgan fingerprint density at radius 1 is 1.06 bits per heavy atom. The van der Waals surface area contributed by atoms with E-state index < -0.39 is 15.9 Å². The van der Waals surface area contributed by atoms with Gasteiger partial charge in [0.1, 0.15) is 0 Å². The van der Waals surface area contributed by atoms with Crippen LogP contribution in [0, 0.1) is 0 Å². The van der Waals surface area contributed by atoms with Gasteiger partial charge in [0.05, 0.1) is 28.7 Å². The Kier molecular flexibility index (Phi) is 9.81. The Bertz CT molecular complexity index is 1230. The number of nitrogens with one attached hydrogen (secondary N) is 2. The molecule has 2 N–H and O–H groups in total. The minimum Gasteiger partial charge on any atom is -0.389 e. The minimum absolute atomic E-state index is 0.0376. The first kappa shape index (κ1) is 26.4. The molecule has 0 aliphatic carbocycles. The fraction of sp³-hybridized carbons (Fsp3) is 0.273. The number of sulfonamides is 1. The molecule has 3 rings (SSSR count). The zero-order valence-corrected chi connectivity index (χ0v) is 20.8. The zero-order chi connectivity index (χ0) is 25.1. The molecule has 1 aromatic carbocycles. The second-order valence-corrected chi connectivity index (χ2v) is 9.85. The molecule has 0 saturated carbocycles. The van der Waals surface area contributed by atoms with Gasteiger partial charge in [0.25, 0.3) is 5.91 Å². The highest BCUT2D eigenvalue weighted by atomic mass is 32.2. The molecule has 0 aliphatic rings. The van der Waals surface area contributed by atoms with Crippen LogP contribution in [-0.4, -0.2) is 57.4 Å². The third-order valence-electron chi connectivity index (χ3n) is 4.41. The fourth-order valence-corrected chi connectivity index (χ4v) is 4.55. The number of rotatable bonds is 13. The number of carbonyl (C=O) groups excluding carboxylic acids is 1. The van der Waals surface area contributed by atoms with Crippen LogP contribution in [-0.2, 0) is 42.3 Å². The summed E-state index contributed by atoms with van der Waals surface area (Å²) in [4.78, 5) is 27.6. The van der Waals surface area contributed by atoms with Crippen molar-refractivity contribution in [3.8, 4) is 0 Å². The van der Waals surface area contributed by atoms with Crippen molar-refractivity contribution in [1.82, 2.24) is 14.7 Å². The number of methoxy groups -OCH3 is 2. The lowest BCUT2D eigenvalue weighted by Crippen LogP contribution is -2.27. The number of aromatic nitrogens is 2. The Hall–Kier alpha value is -3.23. The Morgan fingerprint density at radius 2 is 1.86 bits per heavy atom. The largest absolute Gasteiger partial charge is 0.389 e.